The normalized spacial score (nSPS) is 14.5. The van der Waals surface area contributed by atoms with Crippen molar-refractivity contribution in [2.75, 3.05) is 0 Å². The molecular weight excluding hydrogens is 374 g/mol. The lowest BCUT2D eigenvalue weighted by Gasteiger charge is -2.24. The Labute approximate surface area is 174 Å². The lowest BCUT2D eigenvalue weighted by Crippen LogP contribution is -2.31. The van der Waals surface area contributed by atoms with E-state index in [1.807, 2.05) is 0 Å². The fraction of sp³-hybridized carbons (Fsp3) is 0.200. The Morgan fingerprint density at radius 1 is 0.966 bits per heavy atom. The fourth-order valence-corrected chi connectivity index (χ4v) is 6.04. The average Bonchev–Trinajstić information content (AvgIpc) is 3.35. The molecule has 4 heteroatoms. The molecule has 2 aromatic carbocycles. The summed E-state index contributed by atoms with van der Waals surface area (Å²) in [4.78, 5) is 4.98. The fourth-order valence-electron chi connectivity index (χ4n) is 5.26. The zero-order chi connectivity index (χ0) is 19.9. The van der Waals surface area contributed by atoms with E-state index in [0.29, 0.717) is 0 Å². The van der Waals surface area contributed by atoms with Crippen molar-refractivity contribution in [3.8, 4) is 22.4 Å². The Hall–Kier alpha value is -2.98. The van der Waals surface area contributed by atoms with Crippen LogP contribution in [0.3, 0.4) is 0 Å². The van der Waals surface area contributed by atoms with Crippen LogP contribution >= 0.6 is 11.5 Å². The highest BCUT2D eigenvalue weighted by Gasteiger charge is 2.38. The maximum absolute atomic E-state index is 4.98. The third-order valence-electron chi connectivity index (χ3n) is 6.55. The van der Waals surface area contributed by atoms with E-state index in [2.05, 4.69) is 96.3 Å². The molecule has 0 saturated carbocycles. The highest BCUT2D eigenvalue weighted by atomic mass is 32.1. The van der Waals surface area contributed by atoms with E-state index < -0.39 is 0 Å². The minimum Gasteiger partial charge on any atom is -0.247 e. The summed E-state index contributed by atoms with van der Waals surface area (Å²) in [5.74, 6) is 0. The summed E-state index contributed by atoms with van der Waals surface area (Å²) in [6, 6.07) is 17.7. The van der Waals surface area contributed by atoms with Gasteiger partial charge in [0, 0.05) is 16.9 Å². The molecule has 0 atom stereocenters. The van der Waals surface area contributed by atoms with Crippen LogP contribution < -0.4 is 4.57 Å². The Kier molecular flexibility index (Phi) is 3.24. The molecule has 0 amide bonds. The van der Waals surface area contributed by atoms with Crippen molar-refractivity contribution in [1.82, 2.24) is 8.77 Å². The third kappa shape index (κ3) is 2.07. The van der Waals surface area contributed by atoms with Gasteiger partial charge < -0.3 is 0 Å². The van der Waals surface area contributed by atoms with Crippen LogP contribution in [-0.2, 0) is 12.5 Å². The number of hydrogen-bond acceptors (Lipinski definition) is 2. The molecule has 0 fully saturated rings. The molecule has 3 aromatic heterocycles. The summed E-state index contributed by atoms with van der Waals surface area (Å²) in [5, 5.41) is 2.09. The van der Waals surface area contributed by atoms with Gasteiger partial charge in [-0.05, 0) is 46.9 Å². The summed E-state index contributed by atoms with van der Waals surface area (Å²) in [6.07, 6.45) is 2.15. The van der Waals surface area contributed by atoms with E-state index in [0.717, 1.165) is 11.2 Å². The largest absolute Gasteiger partial charge is 0.247 e. The quantitative estimate of drug-likeness (QED) is 0.335. The molecule has 0 saturated heterocycles. The number of hydrogen-bond donors (Lipinski definition) is 0. The van der Waals surface area contributed by atoms with E-state index >= 15 is 0 Å². The van der Waals surface area contributed by atoms with Crippen LogP contribution in [0.2, 0.25) is 0 Å². The van der Waals surface area contributed by atoms with Crippen LogP contribution in [0, 0.1) is 6.92 Å². The molecular formula is C25H22N3S+. The van der Waals surface area contributed by atoms with Gasteiger partial charge in [0.25, 0.3) is 0 Å². The topological polar surface area (TPSA) is 21.2 Å². The molecule has 3 heterocycles. The van der Waals surface area contributed by atoms with Gasteiger partial charge in [0.05, 0.1) is 11.1 Å². The minimum atomic E-state index is -0.00691. The van der Waals surface area contributed by atoms with E-state index in [-0.39, 0.29) is 5.41 Å². The van der Waals surface area contributed by atoms with Gasteiger partial charge in [-0.1, -0.05) is 55.7 Å². The molecule has 142 valence electrons. The lowest BCUT2D eigenvalue weighted by atomic mass is 9.79. The molecule has 0 N–H and O–H groups in total. The number of nitrogens with zero attached hydrogens (tertiary/aromatic N) is 3. The molecule has 0 aliphatic heterocycles. The molecule has 1 aliphatic rings. The first-order valence-electron chi connectivity index (χ1n) is 9.97. The Morgan fingerprint density at radius 2 is 1.76 bits per heavy atom. The molecule has 6 rings (SSSR count). The maximum Gasteiger partial charge on any atom is 0.240 e. The Balaban J connectivity index is 1.69. The first kappa shape index (κ1) is 16.9. The number of rotatable bonds is 1. The molecule has 0 radical (unpaired) electrons. The predicted octanol–water partition coefficient (Wildman–Crippen LogP) is 5.66. The van der Waals surface area contributed by atoms with Gasteiger partial charge in [-0.15, -0.1) is 0 Å². The maximum atomic E-state index is 4.98. The molecule has 1 aliphatic carbocycles. The lowest BCUT2D eigenvalue weighted by molar-refractivity contribution is -0.659. The molecule has 0 spiro atoms. The van der Waals surface area contributed by atoms with E-state index in [4.69, 9.17) is 4.98 Å². The van der Waals surface area contributed by atoms with Gasteiger partial charge in [0.2, 0.25) is 5.69 Å². The van der Waals surface area contributed by atoms with Crippen LogP contribution in [0.25, 0.3) is 39.1 Å². The second kappa shape index (κ2) is 5.55. The van der Waals surface area contributed by atoms with Gasteiger partial charge >= 0.3 is 0 Å². The highest BCUT2D eigenvalue weighted by Crippen LogP contribution is 2.51. The first-order valence-corrected chi connectivity index (χ1v) is 10.8. The van der Waals surface area contributed by atoms with E-state index in [9.17, 15) is 0 Å². The zero-order valence-electron chi connectivity index (χ0n) is 17.0. The van der Waals surface area contributed by atoms with E-state index in [1.54, 1.807) is 11.5 Å². The standard InChI is InChI=1S/C25H22N3S/c1-15-16(9-10-18-17-7-5-6-8-19(17)25(2,3)22(15)18)24-23-20(11-13-27(24)4)28-21(26-23)12-14-29-28/h5-14H,1-4H3/q+1. The first-order chi connectivity index (χ1) is 14.0. The average molecular weight is 397 g/mol. The number of aryl methyl sites for hydroxylation is 1. The van der Waals surface area contributed by atoms with Crippen LogP contribution in [0.4, 0.5) is 0 Å². The Bertz CT molecular complexity index is 1450. The second-order valence-corrected chi connectivity index (χ2v) is 9.36. The van der Waals surface area contributed by atoms with Gasteiger partial charge in [-0.25, -0.2) is 8.77 Å². The minimum absolute atomic E-state index is 0.00691. The van der Waals surface area contributed by atoms with Crippen LogP contribution in [0.5, 0.6) is 0 Å². The summed E-state index contributed by atoms with van der Waals surface area (Å²) < 4.78 is 4.42. The summed E-state index contributed by atoms with van der Waals surface area (Å²) in [7, 11) is 2.12. The van der Waals surface area contributed by atoms with Crippen molar-refractivity contribution in [2.24, 2.45) is 7.05 Å². The van der Waals surface area contributed by atoms with Crippen molar-refractivity contribution in [1.29, 1.82) is 0 Å². The monoisotopic (exact) mass is 396 g/mol. The van der Waals surface area contributed by atoms with Crippen LogP contribution in [0.15, 0.2) is 60.1 Å². The van der Waals surface area contributed by atoms with Gasteiger partial charge in [-0.3, -0.25) is 0 Å². The smallest absolute Gasteiger partial charge is 0.240 e. The molecule has 29 heavy (non-hydrogen) atoms. The summed E-state index contributed by atoms with van der Waals surface area (Å²) >= 11 is 1.69. The number of benzene rings is 2. The van der Waals surface area contributed by atoms with Gasteiger partial charge in [-0.2, -0.15) is 4.57 Å². The van der Waals surface area contributed by atoms with Crippen molar-refractivity contribution < 1.29 is 4.57 Å². The number of aromatic nitrogens is 3. The summed E-state index contributed by atoms with van der Waals surface area (Å²) in [6.45, 7) is 6.97. The molecule has 5 aromatic rings. The molecule has 0 unspecified atom stereocenters. The van der Waals surface area contributed by atoms with Gasteiger partial charge in [0.15, 0.2) is 11.7 Å². The number of fused-ring (bicyclic) bond motifs is 6. The van der Waals surface area contributed by atoms with Crippen molar-refractivity contribution in [3.63, 3.8) is 0 Å². The third-order valence-corrected chi connectivity index (χ3v) is 7.40. The second-order valence-electron chi connectivity index (χ2n) is 8.51. The van der Waals surface area contributed by atoms with Crippen molar-refractivity contribution in [3.05, 3.63) is 76.8 Å². The van der Waals surface area contributed by atoms with Crippen LogP contribution in [0.1, 0.15) is 30.5 Å². The molecule has 0 bridgehead atoms. The summed E-state index contributed by atoms with van der Waals surface area (Å²) in [5.41, 5.74) is 12.6. The predicted molar refractivity (Wildman–Crippen MR) is 119 cm³/mol. The Morgan fingerprint density at radius 3 is 2.62 bits per heavy atom. The van der Waals surface area contributed by atoms with Crippen molar-refractivity contribution >= 4 is 28.2 Å². The number of pyridine rings is 1. The number of imidazole rings is 1. The highest BCUT2D eigenvalue weighted by molar-refractivity contribution is 7.05. The SMILES string of the molecule is Cc1c(-c2c3nc4ccsn4c3cc[n+]2C)ccc2c1C(C)(C)c1ccccc1-2. The van der Waals surface area contributed by atoms with Crippen LogP contribution in [-0.4, -0.2) is 8.77 Å². The molecule has 3 nitrogen and oxygen atoms in total. The zero-order valence-corrected chi connectivity index (χ0v) is 17.8. The van der Waals surface area contributed by atoms with Crippen molar-refractivity contribution in [2.45, 2.75) is 26.2 Å². The van der Waals surface area contributed by atoms with Gasteiger partial charge in [0.1, 0.15) is 12.7 Å². The van der Waals surface area contributed by atoms with E-state index in [1.165, 1.54) is 44.6 Å².